The maximum atomic E-state index is 11.6. The lowest BCUT2D eigenvalue weighted by molar-refractivity contribution is -0.0587. The molecule has 0 radical (unpaired) electrons. The summed E-state index contributed by atoms with van der Waals surface area (Å²) in [5, 5.41) is 20.1. The first-order valence-electron chi connectivity index (χ1n) is 6.19. The van der Waals surface area contributed by atoms with E-state index in [0.29, 0.717) is 12.8 Å². The Balaban J connectivity index is 3.11. The SMILES string of the molecule is CCCC(O)(CCC)C1(C#N)CCS(=O)(=O)C1. The van der Waals surface area contributed by atoms with Crippen LogP contribution in [0.4, 0.5) is 0 Å². The average molecular weight is 259 g/mol. The molecule has 1 fully saturated rings. The summed E-state index contributed by atoms with van der Waals surface area (Å²) in [6.45, 7) is 3.88. The van der Waals surface area contributed by atoms with Crippen LogP contribution in [-0.4, -0.2) is 30.6 Å². The first kappa shape index (κ1) is 14.5. The number of aliphatic hydroxyl groups is 1. The molecule has 0 aliphatic carbocycles. The lowest BCUT2D eigenvalue weighted by Gasteiger charge is -2.39. The topological polar surface area (TPSA) is 78.2 Å². The summed E-state index contributed by atoms with van der Waals surface area (Å²) in [5.41, 5.74) is -2.26. The Morgan fingerprint density at radius 2 is 1.88 bits per heavy atom. The van der Waals surface area contributed by atoms with Crippen molar-refractivity contribution in [1.29, 1.82) is 5.26 Å². The van der Waals surface area contributed by atoms with Gasteiger partial charge in [0.2, 0.25) is 0 Å². The van der Waals surface area contributed by atoms with Crippen LogP contribution < -0.4 is 0 Å². The molecule has 1 unspecified atom stereocenters. The molecule has 1 saturated heterocycles. The van der Waals surface area contributed by atoms with Crippen LogP contribution in [0.15, 0.2) is 0 Å². The first-order valence-corrected chi connectivity index (χ1v) is 8.01. The zero-order chi connectivity index (χ0) is 13.2. The summed E-state index contributed by atoms with van der Waals surface area (Å²) < 4.78 is 23.2. The van der Waals surface area contributed by atoms with Crippen molar-refractivity contribution in [1.82, 2.24) is 0 Å². The van der Waals surface area contributed by atoms with Gasteiger partial charge in [-0.2, -0.15) is 5.26 Å². The normalized spacial score (nSPS) is 27.9. The van der Waals surface area contributed by atoms with Crippen LogP contribution in [-0.2, 0) is 9.84 Å². The van der Waals surface area contributed by atoms with Crippen LogP contribution >= 0.6 is 0 Å². The summed E-state index contributed by atoms with van der Waals surface area (Å²) >= 11 is 0. The molecule has 98 valence electrons. The number of nitrogens with zero attached hydrogens (tertiary/aromatic N) is 1. The van der Waals surface area contributed by atoms with Crippen molar-refractivity contribution < 1.29 is 13.5 Å². The molecule has 1 rings (SSSR count). The van der Waals surface area contributed by atoms with E-state index in [1.54, 1.807) is 0 Å². The van der Waals surface area contributed by atoms with E-state index in [9.17, 15) is 18.8 Å². The molecule has 1 aliphatic rings. The van der Waals surface area contributed by atoms with Crippen LogP contribution in [0, 0.1) is 16.7 Å². The standard InChI is InChI=1S/C12H21NO3S/c1-3-5-12(14,6-4-2)11(9-13)7-8-17(15,16)10-11/h14H,3-8,10H2,1-2H3. The van der Waals surface area contributed by atoms with Crippen molar-refractivity contribution in [2.24, 2.45) is 5.41 Å². The molecule has 17 heavy (non-hydrogen) atoms. The van der Waals surface area contributed by atoms with E-state index in [4.69, 9.17) is 0 Å². The molecule has 1 heterocycles. The molecule has 5 heteroatoms. The second-order valence-corrected chi connectivity index (χ2v) is 7.25. The van der Waals surface area contributed by atoms with Gasteiger partial charge in [-0.1, -0.05) is 26.7 Å². The van der Waals surface area contributed by atoms with Crippen molar-refractivity contribution in [3.63, 3.8) is 0 Å². The van der Waals surface area contributed by atoms with Gasteiger partial charge >= 0.3 is 0 Å². The molecule has 1 N–H and O–H groups in total. The van der Waals surface area contributed by atoms with Crippen LogP contribution in [0.25, 0.3) is 0 Å². The summed E-state index contributed by atoms with van der Waals surface area (Å²) in [7, 11) is -3.17. The Morgan fingerprint density at radius 3 is 2.18 bits per heavy atom. The third-order valence-corrected chi connectivity index (χ3v) is 5.50. The molecule has 0 amide bonds. The fourth-order valence-electron chi connectivity index (χ4n) is 2.84. The first-order chi connectivity index (χ1) is 7.85. The minimum atomic E-state index is -3.17. The van der Waals surface area contributed by atoms with Gasteiger partial charge in [0.1, 0.15) is 5.41 Å². The largest absolute Gasteiger partial charge is 0.388 e. The molecular formula is C12H21NO3S. The van der Waals surface area contributed by atoms with Crippen molar-refractivity contribution in [3.05, 3.63) is 0 Å². The molecule has 0 saturated carbocycles. The molecule has 0 aromatic rings. The Morgan fingerprint density at radius 1 is 1.35 bits per heavy atom. The highest BCUT2D eigenvalue weighted by molar-refractivity contribution is 7.91. The number of rotatable bonds is 5. The fraction of sp³-hybridized carbons (Fsp3) is 0.917. The predicted molar refractivity (Wildman–Crippen MR) is 66.1 cm³/mol. The van der Waals surface area contributed by atoms with Crippen molar-refractivity contribution in [2.45, 2.75) is 51.6 Å². The zero-order valence-electron chi connectivity index (χ0n) is 10.6. The van der Waals surface area contributed by atoms with Crippen LogP contribution in [0.2, 0.25) is 0 Å². The maximum Gasteiger partial charge on any atom is 0.152 e. The lowest BCUT2D eigenvalue weighted by atomic mass is 9.68. The predicted octanol–water partition coefficient (Wildman–Crippen LogP) is 1.65. The molecule has 0 spiro atoms. The number of nitriles is 1. The lowest BCUT2D eigenvalue weighted by Crippen LogP contribution is -2.48. The number of hydrogen-bond donors (Lipinski definition) is 1. The van der Waals surface area contributed by atoms with E-state index in [1.165, 1.54) is 0 Å². The third-order valence-electron chi connectivity index (χ3n) is 3.74. The van der Waals surface area contributed by atoms with Gasteiger partial charge in [-0.3, -0.25) is 0 Å². The highest BCUT2D eigenvalue weighted by Crippen LogP contribution is 2.46. The van der Waals surface area contributed by atoms with E-state index >= 15 is 0 Å². The summed E-state index contributed by atoms with van der Waals surface area (Å²) in [5.74, 6) is -0.163. The van der Waals surface area contributed by atoms with Crippen LogP contribution in [0.5, 0.6) is 0 Å². The van der Waals surface area contributed by atoms with Crippen molar-refractivity contribution in [2.75, 3.05) is 11.5 Å². The summed E-state index contributed by atoms with van der Waals surface area (Å²) in [6, 6.07) is 2.11. The van der Waals surface area contributed by atoms with E-state index in [1.807, 2.05) is 13.8 Å². The molecule has 0 aromatic carbocycles. The van der Waals surface area contributed by atoms with Gasteiger partial charge in [0.15, 0.2) is 9.84 Å². The van der Waals surface area contributed by atoms with Gasteiger partial charge in [-0.05, 0) is 19.3 Å². The van der Waals surface area contributed by atoms with Crippen molar-refractivity contribution >= 4 is 9.84 Å². The molecule has 0 bridgehead atoms. The quantitative estimate of drug-likeness (QED) is 0.814. The smallest absolute Gasteiger partial charge is 0.152 e. The second kappa shape index (κ2) is 4.95. The Bertz CT molecular complexity index is 404. The molecule has 1 atom stereocenters. The van der Waals surface area contributed by atoms with Gasteiger partial charge in [0.05, 0.1) is 23.2 Å². The Kier molecular flexibility index (Phi) is 4.21. The minimum absolute atomic E-state index is 0.0241. The van der Waals surface area contributed by atoms with Gasteiger partial charge in [0, 0.05) is 0 Å². The number of hydrogen-bond acceptors (Lipinski definition) is 4. The Labute approximate surface area is 104 Å². The average Bonchev–Trinajstić information content (AvgIpc) is 2.57. The Hall–Kier alpha value is -0.600. The number of sulfone groups is 1. The highest BCUT2D eigenvalue weighted by Gasteiger charge is 2.55. The second-order valence-electron chi connectivity index (χ2n) is 5.07. The van der Waals surface area contributed by atoms with Gasteiger partial charge in [0.25, 0.3) is 0 Å². The molecule has 0 aromatic heterocycles. The maximum absolute atomic E-state index is 11.6. The summed E-state index contributed by atoms with van der Waals surface area (Å²) in [4.78, 5) is 0. The molecule has 1 aliphatic heterocycles. The van der Waals surface area contributed by atoms with Crippen LogP contribution in [0.1, 0.15) is 46.0 Å². The monoisotopic (exact) mass is 259 g/mol. The highest BCUT2D eigenvalue weighted by atomic mass is 32.2. The van der Waals surface area contributed by atoms with E-state index in [0.717, 1.165) is 12.8 Å². The minimum Gasteiger partial charge on any atom is -0.388 e. The van der Waals surface area contributed by atoms with Gasteiger partial charge < -0.3 is 5.11 Å². The van der Waals surface area contributed by atoms with E-state index in [2.05, 4.69) is 6.07 Å². The van der Waals surface area contributed by atoms with Gasteiger partial charge in [-0.25, -0.2) is 8.42 Å². The van der Waals surface area contributed by atoms with E-state index < -0.39 is 20.9 Å². The van der Waals surface area contributed by atoms with E-state index in [-0.39, 0.29) is 17.9 Å². The summed E-state index contributed by atoms with van der Waals surface area (Å²) in [6.07, 6.45) is 2.75. The fourth-order valence-corrected chi connectivity index (χ4v) is 4.87. The van der Waals surface area contributed by atoms with Gasteiger partial charge in [-0.15, -0.1) is 0 Å². The third kappa shape index (κ3) is 2.63. The van der Waals surface area contributed by atoms with Crippen LogP contribution in [0.3, 0.4) is 0 Å². The molecular weight excluding hydrogens is 238 g/mol. The van der Waals surface area contributed by atoms with Crippen molar-refractivity contribution in [3.8, 4) is 6.07 Å². The molecule has 4 nitrogen and oxygen atoms in total. The zero-order valence-corrected chi connectivity index (χ0v) is 11.4.